The molecule has 64 heavy (non-hydrogen) atoms. The van der Waals surface area contributed by atoms with Crippen LogP contribution in [0.1, 0.15) is 49.9 Å². The van der Waals surface area contributed by atoms with Gasteiger partial charge in [0.1, 0.15) is 0 Å². The molecule has 0 atom stereocenters. The molecule has 2 aliphatic rings. The molecule has 10 aromatic rings. The third-order valence-electron chi connectivity index (χ3n) is 14.2. The van der Waals surface area contributed by atoms with Gasteiger partial charge in [-0.15, -0.1) is 0 Å². The van der Waals surface area contributed by atoms with Crippen LogP contribution in [-0.2, 0) is 10.8 Å². The van der Waals surface area contributed by atoms with Gasteiger partial charge in [0.15, 0.2) is 0 Å². The molecule has 0 radical (unpaired) electrons. The summed E-state index contributed by atoms with van der Waals surface area (Å²) in [6.45, 7) is 9.53. The highest BCUT2D eigenvalue weighted by atomic mass is 15.2. The summed E-state index contributed by atoms with van der Waals surface area (Å²) < 4.78 is 0. The lowest BCUT2D eigenvalue weighted by Gasteiger charge is -2.43. The van der Waals surface area contributed by atoms with E-state index < -0.39 is 0 Å². The summed E-state index contributed by atoms with van der Waals surface area (Å²) in [5, 5.41) is 4.92. The van der Waals surface area contributed by atoms with Crippen molar-refractivity contribution in [2.45, 2.75) is 38.5 Å². The van der Waals surface area contributed by atoms with Gasteiger partial charge in [-0.2, -0.15) is 0 Å². The summed E-state index contributed by atoms with van der Waals surface area (Å²) in [6, 6.07) is 81.0. The van der Waals surface area contributed by atoms with Crippen LogP contribution < -0.4 is 9.80 Å². The monoisotopic (exact) mass is 820 g/mol. The predicted octanol–water partition coefficient (Wildman–Crippen LogP) is 17.2. The van der Waals surface area contributed by atoms with Crippen LogP contribution in [-0.4, -0.2) is 0 Å². The van der Waals surface area contributed by atoms with Crippen LogP contribution in [0.25, 0.3) is 54.9 Å². The lowest BCUT2D eigenvalue weighted by molar-refractivity contribution is 0.632. The van der Waals surface area contributed by atoms with Gasteiger partial charge in [0.25, 0.3) is 0 Å². The first-order valence-electron chi connectivity index (χ1n) is 22.5. The molecule has 2 heteroatoms. The average molecular weight is 821 g/mol. The van der Waals surface area contributed by atoms with Crippen molar-refractivity contribution in [2.24, 2.45) is 0 Å². The molecule has 0 amide bonds. The van der Waals surface area contributed by atoms with Crippen molar-refractivity contribution in [3.8, 4) is 33.4 Å². The summed E-state index contributed by atoms with van der Waals surface area (Å²) in [7, 11) is 0. The Hall–Kier alpha value is -7.68. The van der Waals surface area contributed by atoms with Gasteiger partial charge in [-0.1, -0.05) is 198 Å². The maximum absolute atomic E-state index is 2.56. The van der Waals surface area contributed by atoms with Crippen LogP contribution in [0, 0.1) is 0 Å². The first-order chi connectivity index (χ1) is 31.3. The number of benzene rings is 10. The fraction of sp³-hybridized carbons (Fsp3) is 0.0968. The SMILES string of the molecule is CC1(C)c2ccccc2-c2ccc(N(c3ccc(-c4ccccc4)cc3)c3ccc4c(c3)C(C)(C)c3ccccc3N4c3c(-c4cccc5ccccc45)ccc4ccccc34)cc21. The molecular formula is C62H48N2. The Balaban J connectivity index is 1.09. The van der Waals surface area contributed by atoms with E-state index in [4.69, 9.17) is 0 Å². The Labute approximate surface area is 376 Å². The predicted molar refractivity (Wildman–Crippen MR) is 271 cm³/mol. The molecule has 1 aliphatic heterocycles. The highest BCUT2D eigenvalue weighted by molar-refractivity contribution is 6.11. The molecule has 1 heterocycles. The normalized spacial score (nSPS) is 14.2. The van der Waals surface area contributed by atoms with Crippen molar-refractivity contribution in [3.63, 3.8) is 0 Å². The fourth-order valence-corrected chi connectivity index (χ4v) is 11.0. The summed E-state index contributed by atoms with van der Waals surface area (Å²) >= 11 is 0. The molecule has 1 aliphatic carbocycles. The minimum atomic E-state index is -0.312. The minimum absolute atomic E-state index is 0.132. The molecule has 2 nitrogen and oxygen atoms in total. The smallest absolute Gasteiger partial charge is 0.0618 e. The van der Waals surface area contributed by atoms with E-state index in [1.165, 1.54) is 94.2 Å². The Morgan fingerprint density at radius 2 is 0.844 bits per heavy atom. The summed E-state index contributed by atoms with van der Waals surface area (Å²) in [5.74, 6) is 0. The van der Waals surface area contributed by atoms with Crippen molar-refractivity contribution >= 4 is 55.7 Å². The number of rotatable bonds is 6. The van der Waals surface area contributed by atoms with E-state index in [1.54, 1.807) is 0 Å². The van der Waals surface area contributed by atoms with Gasteiger partial charge in [0.05, 0.1) is 17.1 Å². The second-order valence-electron chi connectivity index (χ2n) is 18.5. The largest absolute Gasteiger partial charge is 0.310 e. The lowest BCUT2D eigenvalue weighted by Crippen LogP contribution is -2.31. The van der Waals surface area contributed by atoms with Crippen LogP contribution in [0.2, 0.25) is 0 Å². The Kier molecular flexibility index (Phi) is 8.58. The van der Waals surface area contributed by atoms with Gasteiger partial charge in [-0.05, 0) is 115 Å². The van der Waals surface area contributed by atoms with Crippen molar-refractivity contribution < 1.29 is 0 Å². The van der Waals surface area contributed by atoms with E-state index in [2.05, 4.69) is 256 Å². The van der Waals surface area contributed by atoms with E-state index in [0.29, 0.717) is 0 Å². The number of hydrogen-bond acceptors (Lipinski definition) is 2. The summed E-state index contributed by atoms with van der Waals surface area (Å²) in [4.78, 5) is 5.03. The maximum atomic E-state index is 2.56. The van der Waals surface area contributed by atoms with Gasteiger partial charge in [-0.25, -0.2) is 0 Å². The average Bonchev–Trinajstić information content (AvgIpc) is 3.57. The van der Waals surface area contributed by atoms with Crippen molar-refractivity contribution in [1.82, 2.24) is 0 Å². The number of hydrogen-bond donors (Lipinski definition) is 0. The van der Waals surface area contributed by atoms with Gasteiger partial charge >= 0.3 is 0 Å². The molecule has 0 bridgehead atoms. The number of nitrogens with zero attached hydrogens (tertiary/aromatic N) is 2. The highest BCUT2D eigenvalue weighted by Crippen LogP contribution is 2.57. The number of anilines is 6. The molecule has 12 rings (SSSR count). The van der Waals surface area contributed by atoms with E-state index in [0.717, 1.165) is 17.1 Å². The lowest BCUT2D eigenvalue weighted by atomic mass is 9.73. The van der Waals surface area contributed by atoms with Crippen LogP contribution in [0.3, 0.4) is 0 Å². The molecule has 306 valence electrons. The van der Waals surface area contributed by atoms with Gasteiger partial charge in [0.2, 0.25) is 0 Å². The summed E-state index contributed by atoms with van der Waals surface area (Å²) in [6.07, 6.45) is 0. The molecule has 0 aromatic heterocycles. The first kappa shape index (κ1) is 38.0. The van der Waals surface area contributed by atoms with Crippen LogP contribution >= 0.6 is 0 Å². The summed E-state index contributed by atoms with van der Waals surface area (Å²) in [5.41, 5.74) is 19.3. The molecule has 10 aromatic carbocycles. The highest BCUT2D eigenvalue weighted by Gasteiger charge is 2.39. The Morgan fingerprint density at radius 1 is 0.328 bits per heavy atom. The number of fused-ring (bicyclic) bond motifs is 7. The molecule has 0 unspecified atom stereocenters. The maximum Gasteiger partial charge on any atom is 0.0618 e. The van der Waals surface area contributed by atoms with E-state index in [9.17, 15) is 0 Å². The van der Waals surface area contributed by atoms with E-state index >= 15 is 0 Å². The first-order valence-corrected chi connectivity index (χ1v) is 22.5. The zero-order valence-corrected chi connectivity index (χ0v) is 36.7. The Bertz CT molecular complexity index is 3440. The molecule has 0 fully saturated rings. The van der Waals surface area contributed by atoms with Crippen molar-refractivity contribution in [2.75, 3.05) is 9.80 Å². The van der Waals surface area contributed by atoms with Crippen LogP contribution in [0.5, 0.6) is 0 Å². The third-order valence-corrected chi connectivity index (χ3v) is 14.2. The van der Waals surface area contributed by atoms with Crippen LogP contribution in [0.4, 0.5) is 34.1 Å². The number of para-hydroxylation sites is 1. The Morgan fingerprint density at radius 3 is 1.64 bits per heavy atom. The molecule has 0 spiro atoms. The topological polar surface area (TPSA) is 6.48 Å². The zero-order chi connectivity index (χ0) is 43.2. The van der Waals surface area contributed by atoms with E-state index in [-0.39, 0.29) is 10.8 Å². The second-order valence-corrected chi connectivity index (χ2v) is 18.5. The molecular weight excluding hydrogens is 773 g/mol. The second kappa shape index (κ2) is 14.4. The van der Waals surface area contributed by atoms with Crippen molar-refractivity contribution in [3.05, 3.63) is 241 Å². The third kappa shape index (κ3) is 5.79. The van der Waals surface area contributed by atoms with Gasteiger partial charge in [0, 0.05) is 38.8 Å². The standard InChI is InChI=1S/C62H48N2/c1-61(2)54-26-13-12-24-51(54)52-37-34-46(39-56(52)61)63(45-32-29-42(30-33-45)41-17-6-5-7-18-41)47-35-38-59-57(40-47)62(3,4)55-27-14-15-28-58(55)64(59)60-49-23-11-9-20-44(49)31-36-53(60)50-25-16-21-43-19-8-10-22-48(43)50/h5-40H,1-4H3. The van der Waals surface area contributed by atoms with Gasteiger partial charge in [-0.3, -0.25) is 0 Å². The quantitative estimate of drug-likeness (QED) is 0.165. The van der Waals surface area contributed by atoms with Gasteiger partial charge < -0.3 is 9.80 Å². The minimum Gasteiger partial charge on any atom is -0.310 e. The van der Waals surface area contributed by atoms with Crippen LogP contribution in [0.15, 0.2) is 218 Å². The zero-order valence-electron chi connectivity index (χ0n) is 36.7. The molecule has 0 saturated heterocycles. The molecule has 0 saturated carbocycles. The molecule has 0 N–H and O–H groups in total. The fourth-order valence-electron chi connectivity index (χ4n) is 11.0. The van der Waals surface area contributed by atoms with E-state index in [1.807, 2.05) is 0 Å². The van der Waals surface area contributed by atoms with Crippen molar-refractivity contribution in [1.29, 1.82) is 0 Å².